The van der Waals surface area contributed by atoms with Crippen LogP contribution in [0.1, 0.15) is 28.3 Å². The Kier molecular flexibility index (Phi) is 4.38. The summed E-state index contributed by atoms with van der Waals surface area (Å²) >= 11 is 7.55. The van der Waals surface area contributed by atoms with E-state index in [0.29, 0.717) is 11.4 Å². The Balaban J connectivity index is 2.13. The highest BCUT2D eigenvalue weighted by Crippen LogP contribution is 2.28. The number of aliphatic hydroxyl groups excluding tert-OH is 1. The van der Waals surface area contributed by atoms with Gasteiger partial charge in [0.25, 0.3) is 0 Å². The maximum atomic E-state index is 12.9. The number of hydrogen-bond acceptors (Lipinski definition) is 2. The monoisotopic (exact) mass is 284 g/mol. The minimum absolute atomic E-state index is 0.359. The summed E-state index contributed by atoms with van der Waals surface area (Å²) < 4.78 is 12.9. The Morgan fingerprint density at radius 2 is 2.11 bits per heavy atom. The van der Waals surface area contributed by atoms with Crippen LogP contribution in [0.25, 0.3) is 0 Å². The fourth-order valence-corrected chi connectivity index (χ4v) is 2.94. The Morgan fingerprint density at radius 3 is 2.72 bits per heavy atom. The van der Waals surface area contributed by atoms with Crippen molar-refractivity contribution >= 4 is 22.9 Å². The van der Waals surface area contributed by atoms with Crippen LogP contribution in [0.4, 0.5) is 4.39 Å². The molecule has 0 fully saturated rings. The highest BCUT2D eigenvalue weighted by molar-refractivity contribution is 7.12. The van der Waals surface area contributed by atoms with Crippen molar-refractivity contribution in [1.29, 1.82) is 0 Å². The summed E-state index contributed by atoms with van der Waals surface area (Å²) in [5.41, 5.74) is 0.761. The zero-order valence-corrected chi connectivity index (χ0v) is 11.6. The molecule has 0 saturated heterocycles. The van der Waals surface area contributed by atoms with Gasteiger partial charge in [-0.25, -0.2) is 4.39 Å². The van der Waals surface area contributed by atoms with Crippen molar-refractivity contribution < 1.29 is 9.50 Å². The first-order valence-corrected chi connectivity index (χ1v) is 7.00. The molecule has 1 aromatic heterocycles. The van der Waals surface area contributed by atoms with Crippen molar-refractivity contribution in [3.8, 4) is 0 Å². The second-order valence-corrected chi connectivity index (χ2v) is 5.72. The van der Waals surface area contributed by atoms with E-state index in [2.05, 4.69) is 6.92 Å². The molecule has 1 nitrogen and oxygen atoms in total. The molecule has 1 heterocycles. The standard InChI is InChI=1S/C14H14ClFOS/c1-2-11-5-6-14(18-11)13(17)7-9-3-4-10(16)8-12(9)15/h3-6,8,13,17H,2,7H2,1H3. The average Bonchev–Trinajstić information content (AvgIpc) is 2.81. The van der Waals surface area contributed by atoms with Crippen molar-refractivity contribution in [3.05, 3.63) is 56.5 Å². The third-order valence-corrected chi connectivity index (χ3v) is 4.47. The van der Waals surface area contributed by atoms with Gasteiger partial charge >= 0.3 is 0 Å². The Hall–Kier alpha value is -0.900. The van der Waals surface area contributed by atoms with Crippen LogP contribution in [0.3, 0.4) is 0 Å². The molecule has 1 unspecified atom stereocenters. The molecule has 0 amide bonds. The summed E-state index contributed by atoms with van der Waals surface area (Å²) in [6, 6.07) is 8.21. The third kappa shape index (κ3) is 3.10. The molecule has 2 aromatic rings. The maximum Gasteiger partial charge on any atom is 0.124 e. The van der Waals surface area contributed by atoms with Gasteiger partial charge in [0.15, 0.2) is 0 Å². The second kappa shape index (κ2) is 5.83. The molecular weight excluding hydrogens is 271 g/mol. The van der Waals surface area contributed by atoms with E-state index in [1.807, 2.05) is 12.1 Å². The first-order valence-electron chi connectivity index (χ1n) is 5.80. The van der Waals surface area contributed by atoms with Crippen LogP contribution in [-0.2, 0) is 12.8 Å². The molecule has 0 radical (unpaired) electrons. The van der Waals surface area contributed by atoms with E-state index < -0.39 is 6.10 Å². The molecule has 0 saturated carbocycles. The van der Waals surface area contributed by atoms with Gasteiger partial charge in [0.1, 0.15) is 5.82 Å². The lowest BCUT2D eigenvalue weighted by Gasteiger charge is -2.10. The zero-order valence-electron chi connectivity index (χ0n) is 9.99. The van der Waals surface area contributed by atoms with Crippen LogP contribution in [0.15, 0.2) is 30.3 Å². The fourth-order valence-electron chi connectivity index (χ4n) is 1.76. The Labute approximate surface area is 115 Å². The highest BCUT2D eigenvalue weighted by atomic mass is 35.5. The molecule has 0 aliphatic carbocycles. The molecule has 4 heteroatoms. The van der Waals surface area contributed by atoms with E-state index in [0.717, 1.165) is 16.9 Å². The lowest BCUT2D eigenvalue weighted by atomic mass is 10.1. The topological polar surface area (TPSA) is 20.2 Å². The second-order valence-electron chi connectivity index (χ2n) is 4.11. The van der Waals surface area contributed by atoms with Gasteiger partial charge in [0.05, 0.1) is 6.10 Å². The first kappa shape index (κ1) is 13.5. The summed E-state index contributed by atoms with van der Waals surface area (Å²) in [5, 5.41) is 10.5. The largest absolute Gasteiger partial charge is 0.387 e. The fraction of sp³-hybridized carbons (Fsp3) is 0.286. The van der Waals surface area contributed by atoms with Crippen molar-refractivity contribution in [2.75, 3.05) is 0 Å². The average molecular weight is 285 g/mol. The van der Waals surface area contributed by atoms with Crippen LogP contribution in [0.2, 0.25) is 5.02 Å². The van der Waals surface area contributed by atoms with Crippen LogP contribution < -0.4 is 0 Å². The molecule has 0 bridgehead atoms. The SMILES string of the molecule is CCc1ccc(C(O)Cc2ccc(F)cc2Cl)s1. The van der Waals surface area contributed by atoms with Gasteiger partial charge < -0.3 is 5.11 Å². The molecule has 0 aliphatic heterocycles. The van der Waals surface area contributed by atoms with Crippen LogP contribution in [0, 0.1) is 5.82 Å². The Morgan fingerprint density at radius 1 is 1.33 bits per heavy atom. The number of hydrogen-bond donors (Lipinski definition) is 1. The van der Waals surface area contributed by atoms with Gasteiger partial charge in [-0.05, 0) is 36.2 Å². The number of aliphatic hydroxyl groups is 1. The van der Waals surface area contributed by atoms with Gasteiger partial charge in [-0.3, -0.25) is 0 Å². The van der Waals surface area contributed by atoms with Crippen molar-refractivity contribution in [3.63, 3.8) is 0 Å². The predicted octanol–water partition coefficient (Wildman–Crippen LogP) is 4.38. The number of halogens is 2. The van der Waals surface area contributed by atoms with E-state index in [1.165, 1.54) is 17.0 Å². The molecule has 96 valence electrons. The molecule has 18 heavy (non-hydrogen) atoms. The van der Waals surface area contributed by atoms with E-state index >= 15 is 0 Å². The highest BCUT2D eigenvalue weighted by Gasteiger charge is 2.13. The van der Waals surface area contributed by atoms with Crippen LogP contribution >= 0.6 is 22.9 Å². The van der Waals surface area contributed by atoms with Gasteiger partial charge in [-0.2, -0.15) is 0 Å². The van der Waals surface area contributed by atoms with E-state index in [1.54, 1.807) is 17.4 Å². The summed E-state index contributed by atoms with van der Waals surface area (Å²) in [6.07, 6.45) is 0.788. The summed E-state index contributed by atoms with van der Waals surface area (Å²) in [6.45, 7) is 2.08. The molecule has 1 aromatic carbocycles. The minimum atomic E-state index is -0.585. The van der Waals surface area contributed by atoms with Gasteiger partial charge in [0, 0.05) is 21.2 Å². The predicted molar refractivity (Wildman–Crippen MR) is 73.8 cm³/mol. The summed E-state index contributed by atoms with van der Waals surface area (Å²) in [7, 11) is 0. The van der Waals surface area contributed by atoms with E-state index in [9.17, 15) is 9.50 Å². The molecular formula is C14H14ClFOS. The number of aryl methyl sites for hydroxylation is 1. The van der Waals surface area contributed by atoms with E-state index in [4.69, 9.17) is 11.6 Å². The van der Waals surface area contributed by atoms with Gasteiger partial charge in [-0.15, -0.1) is 11.3 Å². The normalized spacial score (nSPS) is 12.7. The molecule has 1 N–H and O–H groups in total. The van der Waals surface area contributed by atoms with E-state index in [-0.39, 0.29) is 5.82 Å². The summed E-state index contributed by atoms with van der Waals surface area (Å²) in [4.78, 5) is 2.17. The Bertz CT molecular complexity index is 538. The molecule has 0 spiro atoms. The van der Waals surface area contributed by atoms with Crippen LogP contribution in [-0.4, -0.2) is 5.11 Å². The number of rotatable bonds is 4. The van der Waals surface area contributed by atoms with Crippen LogP contribution in [0.5, 0.6) is 0 Å². The summed E-state index contributed by atoms with van der Waals surface area (Å²) in [5.74, 6) is -0.359. The maximum absolute atomic E-state index is 12.9. The smallest absolute Gasteiger partial charge is 0.124 e. The molecule has 2 rings (SSSR count). The van der Waals surface area contributed by atoms with Crippen molar-refractivity contribution in [2.45, 2.75) is 25.9 Å². The van der Waals surface area contributed by atoms with Gasteiger partial charge in [0.2, 0.25) is 0 Å². The first-order chi connectivity index (χ1) is 8.60. The number of thiophene rings is 1. The number of benzene rings is 1. The molecule has 0 aliphatic rings. The van der Waals surface area contributed by atoms with Crippen molar-refractivity contribution in [1.82, 2.24) is 0 Å². The van der Waals surface area contributed by atoms with Crippen molar-refractivity contribution in [2.24, 2.45) is 0 Å². The minimum Gasteiger partial charge on any atom is -0.387 e. The molecule has 1 atom stereocenters. The zero-order chi connectivity index (χ0) is 13.1. The van der Waals surface area contributed by atoms with Gasteiger partial charge in [-0.1, -0.05) is 24.6 Å². The lowest BCUT2D eigenvalue weighted by molar-refractivity contribution is 0.182. The lowest BCUT2D eigenvalue weighted by Crippen LogP contribution is -2.00. The third-order valence-electron chi connectivity index (χ3n) is 2.79. The quantitative estimate of drug-likeness (QED) is 0.883.